The second kappa shape index (κ2) is 11.2. The van der Waals surface area contributed by atoms with E-state index in [1.165, 1.54) is 33.9 Å². The molecule has 0 unspecified atom stereocenters. The van der Waals surface area contributed by atoms with Crippen molar-refractivity contribution < 1.29 is 13.9 Å². The fraction of sp³-hybridized carbons (Fsp3) is 0.400. The van der Waals surface area contributed by atoms with E-state index in [1.54, 1.807) is 6.07 Å². The summed E-state index contributed by atoms with van der Waals surface area (Å²) < 4.78 is 21.3. The molecule has 2 atom stereocenters. The van der Waals surface area contributed by atoms with E-state index in [0.717, 1.165) is 36.9 Å². The summed E-state index contributed by atoms with van der Waals surface area (Å²) in [7, 11) is 0. The number of ketones is 1. The fourth-order valence-electron chi connectivity index (χ4n) is 6.35. The van der Waals surface area contributed by atoms with Crippen molar-refractivity contribution in [1.29, 1.82) is 0 Å². The first kappa shape index (κ1) is 27.4. The Morgan fingerprint density at radius 2 is 1.85 bits per heavy atom. The van der Waals surface area contributed by atoms with Crippen LogP contribution in [0.3, 0.4) is 0 Å². The first-order chi connectivity index (χ1) is 19.3. The largest absolute Gasteiger partial charge is 0.375 e. The van der Waals surface area contributed by atoms with Crippen molar-refractivity contribution in [2.45, 2.75) is 70.9 Å². The van der Waals surface area contributed by atoms with Crippen molar-refractivity contribution in [3.63, 3.8) is 0 Å². The first-order valence-corrected chi connectivity index (χ1v) is 14.9. The molecule has 3 nitrogen and oxygen atoms in total. The topological polar surface area (TPSA) is 38.3 Å². The SMILES string of the molecule is Cc1cc2c(cc1C)CC([C@@H]1CO[C@H](CCc3c(F)cccc3CC(=O)C3(Cc4ccccc4Cl)CC3)CN1)=C2. The van der Waals surface area contributed by atoms with Crippen LogP contribution in [0.15, 0.2) is 60.2 Å². The predicted molar refractivity (Wildman–Crippen MR) is 159 cm³/mol. The molecule has 1 N–H and O–H groups in total. The van der Waals surface area contributed by atoms with Crippen molar-refractivity contribution >= 4 is 23.5 Å². The van der Waals surface area contributed by atoms with Gasteiger partial charge in [0.15, 0.2) is 0 Å². The van der Waals surface area contributed by atoms with Crippen molar-refractivity contribution in [2.24, 2.45) is 5.41 Å². The van der Waals surface area contributed by atoms with E-state index in [4.69, 9.17) is 16.3 Å². The number of rotatable bonds is 9. The maximum Gasteiger partial charge on any atom is 0.143 e. The Morgan fingerprint density at radius 3 is 2.60 bits per heavy atom. The number of hydrogen-bond donors (Lipinski definition) is 1. The van der Waals surface area contributed by atoms with Crippen molar-refractivity contribution in [2.75, 3.05) is 13.2 Å². The Labute approximate surface area is 241 Å². The number of aryl methyl sites for hydroxylation is 2. The molecule has 1 heterocycles. The molecular formula is C35H37ClFNO2. The zero-order valence-corrected chi connectivity index (χ0v) is 24.1. The zero-order valence-electron chi connectivity index (χ0n) is 23.4. The molecule has 40 heavy (non-hydrogen) atoms. The average Bonchev–Trinajstić information content (AvgIpc) is 3.62. The molecule has 0 radical (unpaired) electrons. The Morgan fingerprint density at radius 1 is 1.07 bits per heavy atom. The van der Waals surface area contributed by atoms with E-state index in [0.29, 0.717) is 36.5 Å². The van der Waals surface area contributed by atoms with Gasteiger partial charge in [0, 0.05) is 23.4 Å². The maximum atomic E-state index is 15.0. The van der Waals surface area contributed by atoms with Gasteiger partial charge in [-0.15, -0.1) is 0 Å². The van der Waals surface area contributed by atoms with Crippen LogP contribution in [0.25, 0.3) is 6.08 Å². The lowest BCUT2D eigenvalue weighted by Gasteiger charge is -2.31. The van der Waals surface area contributed by atoms with E-state index < -0.39 is 0 Å². The number of Topliss-reactive ketones (excluding diaryl/α,β-unsaturated/α-hetero) is 1. The van der Waals surface area contributed by atoms with Gasteiger partial charge in [0.25, 0.3) is 0 Å². The third-order valence-electron chi connectivity index (χ3n) is 9.24. The number of hydrogen-bond acceptors (Lipinski definition) is 3. The number of benzene rings is 3. The van der Waals surface area contributed by atoms with Crippen LogP contribution in [-0.4, -0.2) is 31.1 Å². The lowest BCUT2D eigenvalue weighted by molar-refractivity contribution is -0.123. The third kappa shape index (κ3) is 5.68. The summed E-state index contributed by atoms with van der Waals surface area (Å²) in [4.78, 5) is 13.5. The molecule has 3 aliphatic rings. The Kier molecular flexibility index (Phi) is 7.69. The number of ether oxygens (including phenoxy) is 1. The average molecular weight is 558 g/mol. The van der Waals surface area contributed by atoms with Gasteiger partial charge in [0.05, 0.1) is 18.8 Å². The lowest BCUT2D eigenvalue weighted by Crippen LogP contribution is -2.47. The van der Waals surface area contributed by atoms with Gasteiger partial charge in [-0.25, -0.2) is 4.39 Å². The van der Waals surface area contributed by atoms with E-state index >= 15 is 4.39 Å². The van der Waals surface area contributed by atoms with Crippen LogP contribution in [0.4, 0.5) is 4.39 Å². The number of carbonyl (C=O) groups is 1. The fourth-order valence-corrected chi connectivity index (χ4v) is 6.56. The summed E-state index contributed by atoms with van der Waals surface area (Å²) in [6, 6.07) is 17.7. The van der Waals surface area contributed by atoms with Crippen LogP contribution in [0.1, 0.15) is 58.2 Å². The van der Waals surface area contributed by atoms with Crippen molar-refractivity contribution in [3.05, 3.63) is 110 Å². The molecule has 2 fully saturated rings. The molecule has 3 aromatic carbocycles. The molecule has 2 aliphatic carbocycles. The summed E-state index contributed by atoms with van der Waals surface area (Å²) in [6.45, 7) is 5.69. The van der Waals surface area contributed by atoms with Crippen LogP contribution in [0.5, 0.6) is 0 Å². The number of halogens is 2. The summed E-state index contributed by atoms with van der Waals surface area (Å²) in [5.74, 6) is -0.0451. The van der Waals surface area contributed by atoms with E-state index in [1.807, 2.05) is 30.3 Å². The van der Waals surface area contributed by atoms with Crippen LogP contribution in [0.2, 0.25) is 5.02 Å². The predicted octanol–water partition coefficient (Wildman–Crippen LogP) is 7.16. The highest BCUT2D eigenvalue weighted by atomic mass is 35.5. The first-order valence-electron chi connectivity index (χ1n) is 14.5. The van der Waals surface area contributed by atoms with Gasteiger partial charge in [-0.3, -0.25) is 4.79 Å². The molecule has 1 saturated heterocycles. The van der Waals surface area contributed by atoms with E-state index in [9.17, 15) is 4.79 Å². The van der Waals surface area contributed by atoms with E-state index in [-0.39, 0.29) is 35.6 Å². The Balaban J connectivity index is 1.05. The molecule has 0 spiro atoms. The highest BCUT2D eigenvalue weighted by molar-refractivity contribution is 6.31. The minimum absolute atomic E-state index is 0.0169. The quantitative estimate of drug-likeness (QED) is 0.303. The smallest absolute Gasteiger partial charge is 0.143 e. The molecule has 3 aromatic rings. The minimum Gasteiger partial charge on any atom is -0.375 e. The summed E-state index contributed by atoms with van der Waals surface area (Å²) in [5, 5.41) is 4.38. The number of morpholine rings is 1. The van der Waals surface area contributed by atoms with Crippen LogP contribution >= 0.6 is 11.6 Å². The molecule has 0 aromatic heterocycles. The van der Waals surface area contributed by atoms with Crippen LogP contribution in [0, 0.1) is 25.1 Å². The zero-order chi connectivity index (χ0) is 27.9. The molecule has 0 amide bonds. The molecule has 1 saturated carbocycles. The molecule has 5 heteroatoms. The van der Waals surface area contributed by atoms with Gasteiger partial charge >= 0.3 is 0 Å². The second-order valence-corrected chi connectivity index (χ2v) is 12.4. The Hall–Kier alpha value is -2.79. The third-order valence-corrected chi connectivity index (χ3v) is 9.61. The summed E-state index contributed by atoms with van der Waals surface area (Å²) >= 11 is 6.38. The van der Waals surface area contributed by atoms with Gasteiger partial charge in [-0.05, 0) is 109 Å². The normalized spacial score (nSPS) is 21.1. The Bertz CT molecular complexity index is 1470. The lowest BCUT2D eigenvalue weighted by atomic mass is 9.87. The highest BCUT2D eigenvalue weighted by Gasteiger charge is 2.49. The summed E-state index contributed by atoms with van der Waals surface area (Å²) in [6.07, 6.45) is 7.20. The summed E-state index contributed by atoms with van der Waals surface area (Å²) in [5.41, 5.74) is 8.84. The highest BCUT2D eigenvalue weighted by Crippen LogP contribution is 2.50. The van der Waals surface area contributed by atoms with Crippen molar-refractivity contribution in [3.8, 4) is 0 Å². The van der Waals surface area contributed by atoms with Crippen LogP contribution < -0.4 is 5.32 Å². The van der Waals surface area contributed by atoms with E-state index in [2.05, 4.69) is 37.4 Å². The number of nitrogens with one attached hydrogen (secondary N) is 1. The van der Waals surface area contributed by atoms with Gasteiger partial charge in [0.2, 0.25) is 0 Å². The molecule has 6 rings (SSSR count). The molecular weight excluding hydrogens is 521 g/mol. The number of fused-ring (bicyclic) bond motifs is 1. The van der Waals surface area contributed by atoms with Gasteiger partial charge in [-0.1, -0.05) is 60.1 Å². The van der Waals surface area contributed by atoms with Gasteiger partial charge < -0.3 is 10.1 Å². The van der Waals surface area contributed by atoms with Crippen LogP contribution in [-0.2, 0) is 35.2 Å². The standard InChI is InChI=1S/C35H37ClFNO2/c1-22-14-26-16-28(17-27(26)15-23(22)2)33-21-40-29(20-38-33)10-11-30-24(7-5-9-32(30)37)18-34(39)35(12-13-35)19-25-6-3-4-8-31(25)36/h3-9,14-16,29,33,38H,10-13,17-21H2,1-2H3/t29-,33+/m1/s1. The minimum atomic E-state index is -0.369. The molecule has 0 bridgehead atoms. The molecule has 208 valence electrons. The second-order valence-electron chi connectivity index (χ2n) is 12.0. The molecule has 1 aliphatic heterocycles. The number of carbonyl (C=O) groups excluding carboxylic acids is 1. The maximum absolute atomic E-state index is 15.0. The monoisotopic (exact) mass is 557 g/mol. The van der Waals surface area contributed by atoms with Gasteiger partial charge in [0.1, 0.15) is 11.6 Å². The van der Waals surface area contributed by atoms with Gasteiger partial charge in [-0.2, -0.15) is 0 Å². The van der Waals surface area contributed by atoms with Crippen molar-refractivity contribution in [1.82, 2.24) is 5.32 Å².